The molecule has 0 aromatic heterocycles. The Morgan fingerprint density at radius 2 is 2.00 bits per heavy atom. The summed E-state index contributed by atoms with van der Waals surface area (Å²) in [5, 5.41) is 10.3. The fraction of sp³-hybridized carbons (Fsp3) is 0.944. The highest BCUT2D eigenvalue weighted by molar-refractivity contribution is 5.75. The van der Waals surface area contributed by atoms with E-state index in [9.17, 15) is 9.90 Å². The number of fused-ring (bicyclic) bond motifs is 1. The van der Waals surface area contributed by atoms with Crippen molar-refractivity contribution < 1.29 is 14.6 Å². The summed E-state index contributed by atoms with van der Waals surface area (Å²) >= 11 is 0. The molecule has 0 bridgehead atoms. The number of hydrogen-bond acceptors (Lipinski definition) is 3. The molecule has 3 heteroatoms. The van der Waals surface area contributed by atoms with Crippen LogP contribution in [0.25, 0.3) is 0 Å². The monoisotopic (exact) mass is 296 g/mol. The van der Waals surface area contributed by atoms with Crippen LogP contribution in [-0.4, -0.2) is 23.8 Å². The lowest BCUT2D eigenvalue weighted by atomic mass is 9.62. The molecular formula is C18H32O3. The van der Waals surface area contributed by atoms with Crippen molar-refractivity contribution >= 4 is 5.97 Å². The minimum absolute atomic E-state index is 0.113. The maximum absolute atomic E-state index is 11.9. The molecule has 2 fully saturated rings. The molecule has 0 spiro atoms. The Morgan fingerprint density at radius 3 is 2.62 bits per heavy atom. The summed E-state index contributed by atoms with van der Waals surface area (Å²) < 4.78 is 5.53. The van der Waals surface area contributed by atoms with Crippen LogP contribution in [-0.2, 0) is 9.53 Å². The third-order valence-corrected chi connectivity index (χ3v) is 5.94. The van der Waals surface area contributed by atoms with Crippen molar-refractivity contribution in [1.29, 1.82) is 0 Å². The second-order valence-electron chi connectivity index (χ2n) is 8.58. The van der Waals surface area contributed by atoms with Gasteiger partial charge in [0.1, 0.15) is 0 Å². The molecule has 1 N–H and O–H groups in total. The SMILES string of the molecule is CC(COC(=O)C(C)(C)C)[C@H]1CC[C@H]2[C@@H](O)CCC[C@]12C. The number of rotatable bonds is 3. The average Bonchev–Trinajstić information content (AvgIpc) is 2.73. The van der Waals surface area contributed by atoms with Gasteiger partial charge in [0.15, 0.2) is 0 Å². The van der Waals surface area contributed by atoms with Crippen LogP contribution in [0, 0.1) is 28.6 Å². The van der Waals surface area contributed by atoms with Crippen LogP contribution in [0.3, 0.4) is 0 Å². The summed E-state index contributed by atoms with van der Waals surface area (Å²) in [6.07, 6.45) is 5.45. The fourth-order valence-corrected chi connectivity index (χ4v) is 4.66. The zero-order valence-electron chi connectivity index (χ0n) is 14.3. The summed E-state index contributed by atoms with van der Waals surface area (Å²) in [6, 6.07) is 0. The molecule has 3 nitrogen and oxygen atoms in total. The number of carbonyl (C=O) groups excluding carboxylic acids is 1. The van der Waals surface area contributed by atoms with Gasteiger partial charge in [-0.3, -0.25) is 4.79 Å². The number of aliphatic hydroxyl groups is 1. The Hall–Kier alpha value is -0.570. The molecule has 0 amide bonds. The Balaban J connectivity index is 1.97. The lowest BCUT2D eigenvalue weighted by Crippen LogP contribution is -2.42. The largest absolute Gasteiger partial charge is 0.465 e. The molecule has 2 saturated carbocycles. The van der Waals surface area contributed by atoms with E-state index in [0.717, 1.165) is 25.7 Å². The Bertz CT molecular complexity index is 384. The van der Waals surface area contributed by atoms with Gasteiger partial charge in [-0.2, -0.15) is 0 Å². The molecule has 0 saturated heterocycles. The third-order valence-electron chi connectivity index (χ3n) is 5.94. The molecule has 5 atom stereocenters. The van der Waals surface area contributed by atoms with Crippen LogP contribution >= 0.6 is 0 Å². The molecule has 21 heavy (non-hydrogen) atoms. The van der Waals surface area contributed by atoms with E-state index >= 15 is 0 Å². The van der Waals surface area contributed by atoms with E-state index in [4.69, 9.17) is 4.74 Å². The van der Waals surface area contributed by atoms with Crippen molar-refractivity contribution in [3.05, 3.63) is 0 Å². The molecule has 0 heterocycles. The summed E-state index contributed by atoms with van der Waals surface area (Å²) in [4.78, 5) is 11.9. The second-order valence-corrected chi connectivity index (χ2v) is 8.58. The van der Waals surface area contributed by atoms with Gasteiger partial charge in [0.05, 0.1) is 18.1 Å². The van der Waals surface area contributed by atoms with Crippen LogP contribution in [0.4, 0.5) is 0 Å². The van der Waals surface area contributed by atoms with Crippen molar-refractivity contribution in [2.24, 2.45) is 28.6 Å². The van der Waals surface area contributed by atoms with Gasteiger partial charge in [-0.05, 0) is 69.6 Å². The molecule has 2 aliphatic carbocycles. The van der Waals surface area contributed by atoms with Crippen LogP contribution in [0.1, 0.15) is 66.7 Å². The zero-order valence-corrected chi connectivity index (χ0v) is 14.3. The van der Waals surface area contributed by atoms with Gasteiger partial charge >= 0.3 is 5.97 Å². The van der Waals surface area contributed by atoms with Gasteiger partial charge in [-0.1, -0.05) is 20.3 Å². The standard InChI is InChI=1S/C18H32O3/c1-12(11-21-16(20)17(2,3)4)13-8-9-14-15(19)7-6-10-18(13,14)5/h12-15,19H,6-11H2,1-5H3/t12?,13-,14+,15+,18-/m1/s1. The highest BCUT2D eigenvalue weighted by Gasteiger charge is 2.52. The Morgan fingerprint density at radius 1 is 1.33 bits per heavy atom. The first kappa shape index (κ1) is 16.8. The van der Waals surface area contributed by atoms with Crippen LogP contribution in [0.5, 0.6) is 0 Å². The number of hydrogen-bond donors (Lipinski definition) is 1. The minimum Gasteiger partial charge on any atom is -0.465 e. The van der Waals surface area contributed by atoms with E-state index in [1.807, 2.05) is 20.8 Å². The minimum atomic E-state index is -0.428. The first-order chi connectivity index (χ1) is 9.66. The predicted molar refractivity (Wildman–Crippen MR) is 83.8 cm³/mol. The molecule has 2 aliphatic rings. The van der Waals surface area contributed by atoms with E-state index in [-0.39, 0.29) is 17.5 Å². The smallest absolute Gasteiger partial charge is 0.311 e. The third kappa shape index (κ3) is 3.28. The van der Waals surface area contributed by atoms with Crippen molar-refractivity contribution in [3.8, 4) is 0 Å². The van der Waals surface area contributed by atoms with E-state index in [1.165, 1.54) is 6.42 Å². The van der Waals surface area contributed by atoms with Gasteiger partial charge < -0.3 is 9.84 Å². The van der Waals surface area contributed by atoms with E-state index < -0.39 is 5.41 Å². The highest BCUT2D eigenvalue weighted by Crippen LogP contribution is 2.57. The van der Waals surface area contributed by atoms with Crippen LogP contribution < -0.4 is 0 Å². The lowest BCUT2D eigenvalue weighted by molar-refractivity contribution is -0.155. The number of aliphatic hydroxyl groups excluding tert-OH is 1. The quantitative estimate of drug-likeness (QED) is 0.806. The van der Waals surface area contributed by atoms with Crippen molar-refractivity contribution in [1.82, 2.24) is 0 Å². The second kappa shape index (κ2) is 5.91. The number of ether oxygens (including phenoxy) is 1. The van der Waals surface area contributed by atoms with Gasteiger partial charge in [0, 0.05) is 0 Å². The first-order valence-corrected chi connectivity index (χ1v) is 8.51. The maximum Gasteiger partial charge on any atom is 0.311 e. The zero-order chi connectivity index (χ0) is 15.8. The predicted octanol–water partition coefficient (Wildman–Crippen LogP) is 3.79. The van der Waals surface area contributed by atoms with Crippen molar-refractivity contribution in [2.75, 3.05) is 6.61 Å². The molecule has 1 unspecified atom stereocenters. The molecule has 122 valence electrons. The van der Waals surface area contributed by atoms with Crippen molar-refractivity contribution in [3.63, 3.8) is 0 Å². The van der Waals surface area contributed by atoms with E-state index in [2.05, 4.69) is 13.8 Å². The average molecular weight is 296 g/mol. The molecule has 2 rings (SSSR count). The molecule has 0 aromatic carbocycles. The molecular weight excluding hydrogens is 264 g/mol. The van der Waals surface area contributed by atoms with Crippen LogP contribution in [0.15, 0.2) is 0 Å². The molecule has 0 aliphatic heterocycles. The lowest BCUT2D eigenvalue weighted by Gasteiger charge is -2.45. The number of esters is 1. The maximum atomic E-state index is 11.9. The molecule has 0 aromatic rings. The molecule has 0 radical (unpaired) electrons. The Kier molecular flexibility index (Phi) is 4.72. The first-order valence-electron chi connectivity index (χ1n) is 8.51. The van der Waals surface area contributed by atoms with Crippen molar-refractivity contribution in [2.45, 2.75) is 72.8 Å². The summed E-state index contributed by atoms with van der Waals surface area (Å²) in [7, 11) is 0. The van der Waals surface area contributed by atoms with E-state index in [0.29, 0.717) is 24.4 Å². The highest BCUT2D eigenvalue weighted by atomic mass is 16.5. The van der Waals surface area contributed by atoms with Crippen LogP contribution in [0.2, 0.25) is 0 Å². The van der Waals surface area contributed by atoms with Gasteiger partial charge in [-0.15, -0.1) is 0 Å². The topological polar surface area (TPSA) is 46.5 Å². The van der Waals surface area contributed by atoms with Gasteiger partial charge in [-0.25, -0.2) is 0 Å². The fourth-order valence-electron chi connectivity index (χ4n) is 4.66. The number of carbonyl (C=O) groups is 1. The Labute approximate surface area is 129 Å². The normalized spacial score (nSPS) is 37.9. The van der Waals surface area contributed by atoms with Gasteiger partial charge in [0.25, 0.3) is 0 Å². The summed E-state index contributed by atoms with van der Waals surface area (Å²) in [6.45, 7) is 10.7. The summed E-state index contributed by atoms with van der Waals surface area (Å²) in [5.41, 5.74) is -0.200. The van der Waals surface area contributed by atoms with Gasteiger partial charge in [0.2, 0.25) is 0 Å². The summed E-state index contributed by atoms with van der Waals surface area (Å²) in [5.74, 6) is 1.26. The van der Waals surface area contributed by atoms with E-state index in [1.54, 1.807) is 0 Å².